The molecule has 0 saturated carbocycles. The number of hydrogen-bond acceptors (Lipinski definition) is 11. The van der Waals surface area contributed by atoms with Crippen molar-refractivity contribution >= 4 is 5.97 Å². The van der Waals surface area contributed by atoms with Gasteiger partial charge in [0, 0.05) is 5.92 Å². The minimum atomic E-state index is -1.62. The first-order valence-corrected chi connectivity index (χ1v) is 10.4. The predicted molar refractivity (Wildman–Crippen MR) is 108 cm³/mol. The number of hydrogen-bond donors (Lipinski definition) is 6. The van der Waals surface area contributed by atoms with Crippen molar-refractivity contribution in [1.29, 1.82) is 0 Å². The van der Waals surface area contributed by atoms with Crippen LogP contribution in [0, 0.1) is 11.8 Å². The molecule has 0 spiro atoms. The maximum Gasteiger partial charge on any atom is 0.338 e. The number of ether oxygens (including phenoxy) is 4. The summed E-state index contributed by atoms with van der Waals surface area (Å²) < 4.78 is 22.3. The van der Waals surface area contributed by atoms with Crippen molar-refractivity contribution in [1.82, 2.24) is 0 Å². The van der Waals surface area contributed by atoms with Crippen LogP contribution in [-0.4, -0.2) is 92.9 Å². The van der Waals surface area contributed by atoms with Gasteiger partial charge in [0.1, 0.15) is 36.3 Å². The molecular formula is C22H26O11. The second-order valence-corrected chi connectivity index (χ2v) is 8.09. The number of aliphatic hydroxyl groups excluding tert-OH is 5. The fourth-order valence-corrected chi connectivity index (χ4v) is 4.26. The number of benzene rings is 1. The first-order valence-electron chi connectivity index (χ1n) is 10.4. The van der Waals surface area contributed by atoms with Crippen LogP contribution in [0.5, 0.6) is 5.75 Å². The number of esters is 1. The molecule has 0 bridgehead atoms. The van der Waals surface area contributed by atoms with Gasteiger partial charge in [-0.15, -0.1) is 0 Å². The summed E-state index contributed by atoms with van der Waals surface area (Å²) in [5, 5.41) is 58.8. The SMILES string of the molecule is O=C(O[C@@H]1C=C(CO)[C@@H]2[C@H](O[C@@H]3O[C@H](CO)[C@@H](O)[C@H](O)[C@@H]3O)OC=C[C@@H]21)c1ccc(O)cc1. The summed E-state index contributed by atoms with van der Waals surface area (Å²) in [6.45, 7) is -0.987. The fraction of sp³-hybridized carbons (Fsp3) is 0.500. The number of carbonyl (C=O) groups is 1. The van der Waals surface area contributed by atoms with E-state index in [1.807, 2.05) is 0 Å². The van der Waals surface area contributed by atoms with Gasteiger partial charge in [0.15, 0.2) is 6.29 Å². The Bertz CT molecular complexity index is 896. The Hall–Kier alpha value is -2.51. The summed E-state index contributed by atoms with van der Waals surface area (Å²) in [5.41, 5.74) is 0.711. The van der Waals surface area contributed by atoms with Crippen LogP contribution in [-0.2, 0) is 18.9 Å². The summed E-state index contributed by atoms with van der Waals surface area (Å²) >= 11 is 0. The van der Waals surface area contributed by atoms with Crippen molar-refractivity contribution in [3.05, 3.63) is 53.8 Å². The number of aliphatic hydroxyl groups is 5. The third kappa shape index (κ3) is 4.62. The molecule has 11 nitrogen and oxygen atoms in total. The second kappa shape index (κ2) is 9.77. The summed E-state index contributed by atoms with van der Waals surface area (Å²) in [6, 6.07) is 5.57. The number of rotatable bonds is 6. The van der Waals surface area contributed by atoms with E-state index in [1.54, 1.807) is 12.2 Å². The number of fused-ring (bicyclic) bond motifs is 1. The van der Waals surface area contributed by atoms with E-state index < -0.39 is 67.5 Å². The van der Waals surface area contributed by atoms with Gasteiger partial charge in [-0.05, 0) is 42.0 Å². The topological polar surface area (TPSA) is 175 Å². The zero-order chi connectivity index (χ0) is 23.7. The Balaban J connectivity index is 1.49. The monoisotopic (exact) mass is 466 g/mol. The Morgan fingerprint density at radius 2 is 1.73 bits per heavy atom. The average molecular weight is 466 g/mol. The highest BCUT2D eigenvalue weighted by Crippen LogP contribution is 2.42. The molecule has 0 radical (unpaired) electrons. The summed E-state index contributed by atoms with van der Waals surface area (Å²) in [7, 11) is 0. The zero-order valence-electron chi connectivity index (χ0n) is 17.4. The lowest BCUT2D eigenvalue weighted by molar-refractivity contribution is -0.339. The number of carbonyl (C=O) groups excluding carboxylic acids is 1. The molecule has 33 heavy (non-hydrogen) atoms. The fourth-order valence-electron chi connectivity index (χ4n) is 4.26. The zero-order valence-corrected chi connectivity index (χ0v) is 17.4. The van der Waals surface area contributed by atoms with Crippen molar-refractivity contribution in [2.75, 3.05) is 13.2 Å². The van der Waals surface area contributed by atoms with Crippen molar-refractivity contribution in [2.45, 2.75) is 43.1 Å². The molecule has 180 valence electrons. The van der Waals surface area contributed by atoms with Crippen LogP contribution < -0.4 is 0 Å². The molecule has 1 aromatic rings. The van der Waals surface area contributed by atoms with Crippen LogP contribution in [0.1, 0.15) is 10.4 Å². The highest BCUT2D eigenvalue weighted by molar-refractivity contribution is 5.89. The highest BCUT2D eigenvalue weighted by Gasteiger charge is 2.50. The van der Waals surface area contributed by atoms with Gasteiger partial charge >= 0.3 is 5.97 Å². The summed E-state index contributed by atoms with van der Waals surface area (Å²) in [6.07, 6.45) is -4.61. The Morgan fingerprint density at radius 3 is 2.39 bits per heavy atom. The number of phenolic OH excluding ortho intramolecular Hbond substituents is 1. The van der Waals surface area contributed by atoms with Crippen LogP contribution in [0.25, 0.3) is 0 Å². The molecule has 6 N–H and O–H groups in total. The minimum Gasteiger partial charge on any atom is -0.508 e. The van der Waals surface area contributed by atoms with Crippen molar-refractivity contribution in [3.8, 4) is 5.75 Å². The normalized spacial score (nSPS) is 37.7. The van der Waals surface area contributed by atoms with Gasteiger partial charge in [-0.3, -0.25) is 0 Å². The minimum absolute atomic E-state index is 0.00971. The smallest absolute Gasteiger partial charge is 0.338 e. The van der Waals surface area contributed by atoms with Gasteiger partial charge in [0.25, 0.3) is 0 Å². The van der Waals surface area contributed by atoms with Gasteiger partial charge in [0.05, 0.1) is 31.0 Å². The van der Waals surface area contributed by atoms with E-state index >= 15 is 0 Å². The number of phenols is 1. The summed E-state index contributed by atoms with van der Waals surface area (Å²) in [4.78, 5) is 12.5. The highest BCUT2D eigenvalue weighted by atomic mass is 16.8. The van der Waals surface area contributed by atoms with Crippen LogP contribution in [0.15, 0.2) is 48.3 Å². The van der Waals surface area contributed by atoms with Gasteiger partial charge in [0.2, 0.25) is 6.29 Å². The van der Waals surface area contributed by atoms with E-state index in [2.05, 4.69) is 0 Å². The molecule has 1 saturated heterocycles. The average Bonchev–Trinajstić information content (AvgIpc) is 3.18. The standard InChI is InChI=1S/C22H26O11/c23-8-11-7-14(31-20(29)10-1-3-12(25)4-2-10)13-5-6-30-21(16(11)13)33-22-19(28)18(27)17(26)15(9-24)32-22/h1-7,13-19,21-28H,8-9H2/t13-,14-,15-,16+,17-,18+,19+,21+,22+/m1/s1. The summed E-state index contributed by atoms with van der Waals surface area (Å²) in [5.74, 6) is -1.68. The third-order valence-corrected chi connectivity index (χ3v) is 6.05. The third-order valence-electron chi connectivity index (χ3n) is 6.05. The van der Waals surface area contributed by atoms with Crippen molar-refractivity contribution < 1.29 is 54.4 Å². The molecule has 1 fully saturated rings. The molecule has 0 aromatic heterocycles. The lowest BCUT2D eigenvalue weighted by atomic mass is 9.88. The molecule has 4 rings (SSSR count). The first-order chi connectivity index (χ1) is 15.8. The number of aromatic hydroxyl groups is 1. The Morgan fingerprint density at radius 1 is 1.00 bits per heavy atom. The van der Waals surface area contributed by atoms with Crippen LogP contribution in [0.2, 0.25) is 0 Å². The molecule has 1 aliphatic carbocycles. The maximum atomic E-state index is 12.5. The molecule has 0 amide bonds. The van der Waals surface area contributed by atoms with E-state index in [9.17, 15) is 35.4 Å². The van der Waals surface area contributed by atoms with Crippen LogP contribution in [0.3, 0.4) is 0 Å². The predicted octanol–water partition coefficient (Wildman–Crippen LogP) is -1.23. The lowest BCUT2D eigenvalue weighted by Crippen LogP contribution is -2.60. The Labute approximate surface area is 188 Å². The molecule has 2 heterocycles. The van der Waals surface area contributed by atoms with Crippen LogP contribution >= 0.6 is 0 Å². The van der Waals surface area contributed by atoms with Crippen molar-refractivity contribution in [3.63, 3.8) is 0 Å². The van der Waals surface area contributed by atoms with E-state index in [0.29, 0.717) is 5.57 Å². The first kappa shape index (κ1) is 23.6. The molecule has 2 aliphatic heterocycles. The molecule has 3 aliphatic rings. The Kier molecular flexibility index (Phi) is 7.00. The maximum absolute atomic E-state index is 12.5. The van der Waals surface area contributed by atoms with Gasteiger partial charge in [-0.25, -0.2) is 4.79 Å². The molecular weight excluding hydrogens is 440 g/mol. The second-order valence-electron chi connectivity index (χ2n) is 8.09. The van der Waals surface area contributed by atoms with E-state index in [-0.39, 0.29) is 17.9 Å². The quantitative estimate of drug-likeness (QED) is 0.219. The van der Waals surface area contributed by atoms with Crippen molar-refractivity contribution in [2.24, 2.45) is 11.8 Å². The van der Waals surface area contributed by atoms with E-state index in [0.717, 1.165) is 0 Å². The van der Waals surface area contributed by atoms with Gasteiger partial charge in [-0.1, -0.05) is 0 Å². The largest absolute Gasteiger partial charge is 0.508 e. The van der Waals surface area contributed by atoms with E-state index in [1.165, 1.54) is 30.5 Å². The van der Waals surface area contributed by atoms with Gasteiger partial charge < -0.3 is 49.6 Å². The lowest BCUT2D eigenvalue weighted by Gasteiger charge is -2.42. The van der Waals surface area contributed by atoms with Crippen LogP contribution in [0.4, 0.5) is 0 Å². The molecule has 9 atom stereocenters. The van der Waals surface area contributed by atoms with E-state index in [4.69, 9.17) is 18.9 Å². The molecule has 1 aromatic carbocycles. The molecule has 11 heteroatoms. The molecule has 0 unspecified atom stereocenters. The van der Waals surface area contributed by atoms with Gasteiger partial charge in [-0.2, -0.15) is 0 Å².